The minimum Gasteiger partial charge on any atom is -0.312 e. The Morgan fingerprint density at radius 3 is 3.00 bits per heavy atom. The Kier molecular flexibility index (Phi) is 3.40. The van der Waals surface area contributed by atoms with Gasteiger partial charge in [0, 0.05) is 12.8 Å². The third-order valence-electron chi connectivity index (χ3n) is 2.21. The standard InChI is InChI=1S/C11H9FN4S/c1-16-7-14-15-11(16)17-6-9-4-10(12)3-2-8(9)5-13/h2-4,7H,6H2,1H3. The van der Waals surface area contributed by atoms with Crippen LogP contribution in [0.25, 0.3) is 0 Å². The molecule has 1 heterocycles. The Morgan fingerprint density at radius 2 is 2.35 bits per heavy atom. The highest BCUT2D eigenvalue weighted by Crippen LogP contribution is 2.22. The third kappa shape index (κ3) is 2.63. The topological polar surface area (TPSA) is 54.5 Å². The molecule has 0 aliphatic carbocycles. The lowest BCUT2D eigenvalue weighted by atomic mass is 10.1. The molecule has 2 aromatic rings. The van der Waals surface area contributed by atoms with E-state index in [1.165, 1.54) is 30.0 Å². The molecular weight excluding hydrogens is 239 g/mol. The lowest BCUT2D eigenvalue weighted by Gasteiger charge is -2.03. The maximum Gasteiger partial charge on any atom is 0.191 e. The number of nitriles is 1. The van der Waals surface area contributed by atoms with Crippen molar-refractivity contribution in [1.82, 2.24) is 14.8 Å². The first-order valence-electron chi connectivity index (χ1n) is 4.86. The molecule has 1 aromatic heterocycles. The van der Waals surface area contributed by atoms with Crippen LogP contribution in [0.15, 0.2) is 29.7 Å². The fourth-order valence-corrected chi connectivity index (χ4v) is 2.22. The SMILES string of the molecule is Cn1cnnc1SCc1cc(F)ccc1C#N. The van der Waals surface area contributed by atoms with Crippen LogP contribution in [0.1, 0.15) is 11.1 Å². The van der Waals surface area contributed by atoms with Gasteiger partial charge in [0.1, 0.15) is 12.1 Å². The summed E-state index contributed by atoms with van der Waals surface area (Å²) in [6.07, 6.45) is 1.60. The molecule has 0 fully saturated rings. The monoisotopic (exact) mass is 248 g/mol. The zero-order chi connectivity index (χ0) is 12.3. The molecule has 0 aliphatic heterocycles. The van der Waals surface area contributed by atoms with E-state index in [-0.39, 0.29) is 5.82 Å². The van der Waals surface area contributed by atoms with Gasteiger partial charge >= 0.3 is 0 Å². The average Bonchev–Trinajstić information content (AvgIpc) is 2.72. The van der Waals surface area contributed by atoms with Crippen LogP contribution >= 0.6 is 11.8 Å². The van der Waals surface area contributed by atoms with Crippen molar-refractivity contribution in [1.29, 1.82) is 5.26 Å². The van der Waals surface area contributed by atoms with Gasteiger partial charge in [0.15, 0.2) is 5.16 Å². The predicted molar refractivity (Wildman–Crippen MR) is 61.7 cm³/mol. The molecular formula is C11H9FN4S. The van der Waals surface area contributed by atoms with E-state index >= 15 is 0 Å². The van der Waals surface area contributed by atoms with Crippen molar-refractivity contribution in [3.05, 3.63) is 41.5 Å². The highest BCUT2D eigenvalue weighted by Gasteiger charge is 2.07. The van der Waals surface area contributed by atoms with Crippen LogP contribution in [0.2, 0.25) is 0 Å². The summed E-state index contributed by atoms with van der Waals surface area (Å²) in [5, 5.41) is 17.3. The summed E-state index contributed by atoms with van der Waals surface area (Å²) in [7, 11) is 1.83. The minimum absolute atomic E-state index is 0.336. The molecule has 0 amide bonds. The smallest absolute Gasteiger partial charge is 0.191 e. The van der Waals surface area contributed by atoms with Gasteiger partial charge in [-0.1, -0.05) is 11.8 Å². The van der Waals surface area contributed by atoms with Gasteiger partial charge in [-0.2, -0.15) is 5.26 Å². The Labute approximate surface area is 102 Å². The van der Waals surface area contributed by atoms with Crippen molar-refractivity contribution in [2.24, 2.45) is 7.05 Å². The van der Waals surface area contributed by atoms with E-state index in [0.717, 1.165) is 5.16 Å². The molecule has 2 rings (SSSR count). The number of halogens is 1. The molecule has 0 spiro atoms. The van der Waals surface area contributed by atoms with Gasteiger partial charge in [0.05, 0.1) is 11.6 Å². The number of hydrogen-bond acceptors (Lipinski definition) is 4. The van der Waals surface area contributed by atoms with Crippen LogP contribution in [0.5, 0.6) is 0 Å². The molecule has 4 nitrogen and oxygen atoms in total. The van der Waals surface area contributed by atoms with Crippen LogP contribution in [0.4, 0.5) is 4.39 Å². The maximum absolute atomic E-state index is 13.1. The molecule has 0 unspecified atom stereocenters. The molecule has 86 valence electrons. The summed E-state index contributed by atoms with van der Waals surface area (Å²) >= 11 is 1.42. The van der Waals surface area contributed by atoms with Crippen molar-refractivity contribution < 1.29 is 4.39 Å². The predicted octanol–water partition coefficient (Wildman–Crippen LogP) is 2.12. The fourth-order valence-electron chi connectivity index (χ4n) is 1.34. The number of thioether (sulfide) groups is 1. The second kappa shape index (κ2) is 4.97. The van der Waals surface area contributed by atoms with Crippen LogP contribution in [0, 0.1) is 17.1 Å². The highest BCUT2D eigenvalue weighted by molar-refractivity contribution is 7.98. The van der Waals surface area contributed by atoms with Crippen LogP contribution in [-0.4, -0.2) is 14.8 Å². The second-order valence-corrected chi connectivity index (χ2v) is 4.37. The molecule has 0 bridgehead atoms. The van der Waals surface area contributed by atoms with E-state index in [1.54, 1.807) is 10.9 Å². The van der Waals surface area contributed by atoms with Gasteiger partial charge in [-0.05, 0) is 23.8 Å². The van der Waals surface area contributed by atoms with Gasteiger partial charge in [-0.25, -0.2) is 4.39 Å². The summed E-state index contributed by atoms with van der Waals surface area (Å²) in [5.41, 5.74) is 1.15. The Balaban J connectivity index is 2.17. The number of benzene rings is 1. The van der Waals surface area contributed by atoms with E-state index in [2.05, 4.69) is 10.2 Å². The summed E-state index contributed by atoms with van der Waals surface area (Å²) in [4.78, 5) is 0. The van der Waals surface area contributed by atoms with E-state index in [1.807, 2.05) is 13.1 Å². The van der Waals surface area contributed by atoms with Crippen molar-refractivity contribution >= 4 is 11.8 Å². The van der Waals surface area contributed by atoms with Gasteiger partial charge in [-0.3, -0.25) is 0 Å². The molecule has 0 atom stereocenters. The Hall–Kier alpha value is -1.87. The third-order valence-corrected chi connectivity index (χ3v) is 3.30. The van der Waals surface area contributed by atoms with Gasteiger partial charge in [0.25, 0.3) is 0 Å². The van der Waals surface area contributed by atoms with Gasteiger partial charge in [0.2, 0.25) is 0 Å². The van der Waals surface area contributed by atoms with Crippen LogP contribution in [-0.2, 0) is 12.8 Å². The van der Waals surface area contributed by atoms with Crippen LogP contribution < -0.4 is 0 Å². The Morgan fingerprint density at radius 1 is 1.53 bits per heavy atom. The quantitative estimate of drug-likeness (QED) is 0.781. The largest absolute Gasteiger partial charge is 0.312 e. The van der Waals surface area contributed by atoms with Crippen molar-refractivity contribution in [2.75, 3.05) is 0 Å². The molecule has 0 saturated carbocycles. The lowest BCUT2D eigenvalue weighted by molar-refractivity contribution is 0.626. The maximum atomic E-state index is 13.1. The van der Waals surface area contributed by atoms with E-state index in [9.17, 15) is 4.39 Å². The summed E-state index contributed by atoms with van der Waals surface area (Å²) in [6, 6.07) is 6.20. The second-order valence-electron chi connectivity index (χ2n) is 3.43. The minimum atomic E-state index is -0.336. The molecule has 0 aliphatic rings. The number of aromatic nitrogens is 3. The average molecular weight is 248 g/mol. The summed E-state index contributed by atoms with van der Waals surface area (Å²) < 4.78 is 14.9. The fraction of sp³-hybridized carbons (Fsp3) is 0.182. The molecule has 6 heteroatoms. The van der Waals surface area contributed by atoms with Crippen molar-refractivity contribution in [3.63, 3.8) is 0 Å². The van der Waals surface area contributed by atoms with E-state index in [4.69, 9.17) is 5.26 Å². The van der Waals surface area contributed by atoms with E-state index in [0.29, 0.717) is 16.9 Å². The number of hydrogen-bond donors (Lipinski definition) is 0. The number of aryl methyl sites for hydroxylation is 1. The highest BCUT2D eigenvalue weighted by atomic mass is 32.2. The first kappa shape index (κ1) is 11.6. The number of rotatable bonds is 3. The summed E-state index contributed by atoms with van der Waals surface area (Å²) in [6.45, 7) is 0. The number of nitrogens with zero attached hydrogens (tertiary/aromatic N) is 4. The normalized spacial score (nSPS) is 10.2. The molecule has 0 N–H and O–H groups in total. The zero-order valence-corrected chi connectivity index (χ0v) is 9.91. The van der Waals surface area contributed by atoms with Crippen molar-refractivity contribution in [3.8, 4) is 6.07 Å². The zero-order valence-electron chi connectivity index (χ0n) is 9.09. The van der Waals surface area contributed by atoms with Gasteiger partial charge < -0.3 is 4.57 Å². The first-order chi connectivity index (χ1) is 8.20. The molecule has 1 aromatic carbocycles. The van der Waals surface area contributed by atoms with Crippen molar-refractivity contribution in [2.45, 2.75) is 10.9 Å². The first-order valence-corrected chi connectivity index (χ1v) is 5.84. The van der Waals surface area contributed by atoms with E-state index < -0.39 is 0 Å². The lowest BCUT2D eigenvalue weighted by Crippen LogP contribution is -1.93. The van der Waals surface area contributed by atoms with Crippen LogP contribution in [0.3, 0.4) is 0 Å². The summed E-state index contributed by atoms with van der Waals surface area (Å²) in [5.74, 6) is 0.158. The molecule has 17 heavy (non-hydrogen) atoms. The molecule has 0 saturated heterocycles. The van der Waals surface area contributed by atoms with Gasteiger partial charge in [-0.15, -0.1) is 10.2 Å². The molecule has 0 radical (unpaired) electrons. The Bertz CT molecular complexity index is 573.